The molecule has 3 atom stereocenters. The van der Waals surface area contributed by atoms with Crippen LogP contribution in [-0.2, 0) is 4.79 Å². The molecule has 2 N–H and O–H groups in total. The number of nitrogens with zero attached hydrogens (tertiary/aromatic N) is 3. The summed E-state index contributed by atoms with van der Waals surface area (Å²) < 4.78 is 1.91. The van der Waals surface area contributed by atoms with E-state index < -0.39 is 0 Å². The highest BCUT2D eigenvalue weighted by Gasteiger charge is 2.28. The van der Waals surface area contributed by atoms with Gasteiger partial charge in [-0.1, -0.05) is 13.0 Å². The standard InChI is InChI=1S/C15H21N5O/c1-10-6-5-8-16-13(10)15(21)17-11(2)14-19-18-12-7-3-4-9-20(12)14/h3-4,7,9-11,13,16H,5-6,8H2,1-2H3,(H,17,21). The van der Waals surface area contributed by atoms with Gasteiger partial charge in [0.2, 0.25) is 5.91 Å². The molecule has 0 radical (unpaired) electrons. The summed E-state index contributed by atoms with van der Waals surface area (Å²) in [6.07, 6.45) is 4.14. The first-order chi connectivity index (χ1) is 10.2. The Morgan fingerprint density at radius 1 is 1.48 bits per heavy atom. The van der Waals surface area contributed by atoms with Gasteiger partial charge in [-0.05, 0) is 44.4 Å². The average molecular weight is 287 g/mol. The van der Waals surface area contributed by atoms with Crippen LogP contribution in [0, 0.1) is 5.92 Å². The van der Waals surface area contributed by atoms with Crippen LogP contribution in [0.1, 0.15) is 38.6 Å². The van der Waals surface area contributed by atoms with Gasteiger partial charge in [-0.25, -0.2) is 0 Å². The number of pyridine rings is 1. The molecule has 1 aliphatic heterocycles. The predicted octanol–water partition coefficient (Wildman–Crippen LogP) is 1.29. The van der Waals surface area contributed by atoms with Crippen LogP contribution < -0.4 is 10.6 Å². The van der Waals surface area contributed by atoms with Gasteiger partial charge in [0, 0.05) is 6.20 Å². The highest BCUT2D eigenvalue weighted by molar-refractivity contribution is 5.82. The number of hydrogen-bond donors (Lipinski definition) is 2. The van der Waals surface area contributed by atoms with Gasteiger partial charge in [0.1, 0.15) is 0 Å². The molecule has 3 heterocycles. The zero-order chi connectivity index (χ0) is 14.8. The molecule has 0 aliphatic carbocycles. The Labute approximate surface area is 123 Å². The lowest BCUT2D eigenvalue weighted by Gasteiger charge is -2.29. The Bertz CT molecular complexity index is 638. The summed E-state index contributed by atoms with van der Waals surface area (Å²) in [6.45, 7) is 4.97. The lowest BCUT2D eigenvalue weighted by molar-refractivity contribution is -0.125. The summed E-state index contributed by atoms with van der Waals surface area (Å²) >= 11 is 0. The monoisotopic (exact) mass is 287 g/mol. The normalized spacial score (nSPS) is 23.9. The Hall–Kier alpha value is -1.95. The van der Waals surface area contributed by atoms with Gasteiger partial charge in [-0.3, -0.25) is 9.20 Å². The first-order valence-corrected chi connectivity index (χ1v) is 7.50. The van der Waals surface area contributed by atoms with Crippen molar-refractivity contribution in [2.24, 2.45) is 5.92 Å². The molecule has 21 heavy (non-hydrogen) atoms. The van der Waals surface area contributed by atoms with Crippen molar-refractivity contribution in [3.8, 4) is 0 Å². The topological polar surface area (TPSA) is 71.3 Å². The third-order valence-corrected chi connectivity index (χ3v) is 4.14. The smallest absolute Gasteiger partial charge is 0.237 e. The molecule has 0 aromatic carbocycles. The van der Waals surface area contributed by atoms with Gasteiger partial charge in [0.15, 0.2) is 11.5 Å². The number of carbonyl (C=O) groups excluding carboxylic acids is 1. The van der Waals surface area contributed by atoms with Crippen molar-refractivity contribution in [1.82, 2.24) is 25.2 Å². The van der Waals surface area contributed by atoms with Crippen molar-refractivity contribution in [2.45, 2.75) is 38.8 Å². The number of hydrogen-bond acceptors (Lipinski definition) is 4. The van der Waals surface area contributed by atoms with Crippen molar-refractivity contribution >= 4 is 11.6 Å². The van der Waals surface area contributed by atoms with Crippen molar-refractivity contribution < 1.29 is 4.79 Å². The average Bonchev–Trinajstić information content (AvgIpc) is 2.91. The van der Waals surface area contributed by atoms with Crippen LogP contribution in [-0.4, -0.2) is 33.1 Å². The maximum Gasteiger partial charge on any atom is 0.237 e. The van der Waals surface area contributed by atoms with Gasteiger partial charge in [-0.15, -0.1) is 10.2 Å². The van der Waals surface area contributed by atoms with E-state index in [1.165, 1.54) is 0 Å². The molecule has 0 spiro atoms. The molecule has 6 heteroatoms. The maximum atomic E-state index is 12.4. The van der Waals surface area contributed by atoms with E-state index in [2.05, 4.69) is 27.8 Å². The third-order valence-electron chi connectivity index (χ3n) is 4.14. The fourth-order valence-corrected chi connectivity index (χ4v) is 2.92. The summed E-state index contributed by atoms with van der Waals surface area (Å²) in [4.78, 5) is 12.4. The minimum atomic E-state index is -0.175. The zero-order valence-electron chi connectivity index (χ0n) is 12.4. The summed E-state index contributed by atoms with van der Waals surface area (Å²) in [5, 5.41) is 14.7. The van der Waals surface area contributed by atoms with Crippen LogP contribution in [0.3, 0.4) is 0 Å². The number of nitrogens with one attached hydrogen (secondary N) is 2. The van der Waals surface area contributed by atoms with Gasteiger partial charge in [-0.2, -0.15) is 0 Å². The largest absolute Gasteiger partial charge is 0.345 e. The molecule has 2 aromatic heterocycles. The summed E-state index contributed by atoms with van der Waals surface area (Å²) in [5.41, 5.74) is 0.790. The number of carbonyl (C=O) groups is 1. The number of rotatable bonds is 3. The van der Waals surface area contributed by atoms with E-state index in [4.69, 9.17) is 0 Å². The molecule has 1 amide bonds. The third kappa shape index (κ3) is 2.76. The summed E-state index contributed by atoms with van der Waals surface area (Å²) in [7, 11) is 0. The predicted molar refractivity (Wildman–Crippen MR) is 79.7 cm³/mol. The summed E-state index contributed by atoms with van der Waals surface area (Å²) in [6, 6.07) is 5.46. The van der Waals surface area contributed by atoms with Crippen molar-refractivity contribution in [1.29, 1.82) is 0 Å². The van der Waals surface area contributed by atoms with Crippen LogP contribution in [0.2, 0.25) is 0 Å². The Balaban J connectivity index is 1.73. The molecule has 3 unspecified atom stereocenters. The molecule has 0 bridgehead atoms. The Morgan fingerprint density at radius 2 is 2.33 bits per heavy atom. The van der Waals surface area contributed by atoms with E-state index in [0.717, 1.165) is 30.9 Å². The quantitative estimate of drug-likeness (QED) is 0.892. The summed E-state index contributed by atoms with van der Waals surface area (Å²) in [5.74, 6) is 1.16. The Morgan fingerprint density at radius 3 is 3.14 bits per heavy atom. The molecule has 1 fully saturated rings. The van der Waals surface area contributed by atoms with Crippen LogP contribution in [0.4, 0.5) is 0 Å². The highest BCUT2D eigenvalue weighted by Crippen LogP contribution is 2.17. The van der Waals surface area contributed by atoms with Crippen LogP contribution in [0.5, 0.6) is 0 Å². The van der Waals surface area contributed by atoms with E-state index in [1.807, 2.05) is 35.7 Å². The molecule has 2 aromatic rings. The second-order valence-corrected chi connectivity index (χ2v) is 5.77. The van der Waals surface area contributed by atoms with E-state index in [9.17, 15) is 4.79 Å². The van der Waals surface area contributed by atoms with E-state index >= 15 is 0 Å². The zero-order valence-corrected chi connectivity index (χ0v) is 12.4. The molecule has 1 saturated heterocycles. The van der Waals surface area contributed by atoms with Crippen molar-refractivity contribution in [2.75, 3.05) is 6.54 Å². The van der Waals surface area contributed by atoms with E-state index in [0.29, 0.717) is 5.92 Å². The minimum Gasteiger partial charge on any atom is -0.345 e. The second-order valence-electron chi connectivity index (χ2n) is 5.77. The van der Waals surface area contributed by atoms with Gasteiger partial charge in [0.25, 0.3) is 0 Å². The van der Waals surface area contributed by atoms with Gasteiger partial charge in [0.05, 0.1) is 12.1 Å². The lowest BCUT2D eigenvalue weighted by atomic mass is 9.92. The van der Waals surface area contributed by atoms with Crippen molar-refractivity contribution in [3.63, 3.8) is 0 Å². The van der Waals surface area contributed by atoms with Gasteiger partial charge >= 0.3 is 0 Å². The van der Waals surface area contributed by atoms with Crippen LogP contribution in [0.25, 0.3) is 5.65 Å². The number of piperidine rings is 1. The minimum absolute atomic E-state index is 0.0439. The number of amides is 1. The Kier molecular flexibility index (Phi) is 3.88. The maximum absolute atomic E-state index is 12.4. The lowest BCUT2D eigenvalue weighted by Crippen LogP contribution is -2.51. The van der Waals surface area contributed by atoms with Crippen LogP contribution >= 0.6 is 0 Å². The van der Waals surface area contributed by atoms with Crippen molar-refractivity contribution in [3.05, 3.63) is 30.2 Å². The molecule has 1 aliphatic rings. The molecular formula is C15H21N5O. The molecule has 0 saturated carbocycles. The fourth-order valence-electron chi connectivity index (χ4n) is 2.92. The van der Waals surface area contributed by atoms with Crippen LogP contribution in [0.15, 0.2) is 24.4 Å². The first kappa shape index (κ1) is 14.0. The van der Waals surface area contributed by atoms with E-state index in [1.54, 1.807) is 0 Å². The number of aromatic nitrogens is 3. The molecule has 3 rings (SSSR count). The second kappa shape index (κ2) is 5.81. The first-order valence-electron chi connectivity index (χ1n) is 7.50. The SMILES string of the molecule is CC(NC(=O)C1NCCCC1C)c1nnc2ccccn12. The molecule has 112 valence electrons. The molecule has 6 nitrogen and oxygen atoms in total. The van der Waals surface area contributed by atoms with E-state index in [-0.39, 0.29) is 18.0 Å². The molecular weight excluding hydrogens is 266 g/mol. The number of fused-ring (bicyclic) bond motifs is 1. The fraction of sp³-hybridized carbons (Fsp3) is 0.533. The highest BCUT2D eigenvalue weighted by atomic mass is 16.2. The van der Waals surface area contributed by atoms with Gasteiger partial charge < -0.3 is 10.6 Å².